The number of benzene rings is 2. The highest BCUT2D eigenvalue weighted by atomic mass is 35.7. The van der Waals surface area contributed by atoms with Gasteiger partial charge in [-0.2, -0.15) is 20.3 Å². The minimum atomic E-state index is -3.94. The standard InChI is InChI=1S/C17H14ClN5O4S/c1-19-16(24)14-15(17(25)23(22-14)12-7-3-2-4-8-12)21-20-11-6-5-9-13(10-11)28(18,26)27/h2-10,15H,1H3,(H,19,24). The summed E-state index contributed by atoms with van der Waals surface area (Å²) >= 11 is 0. The Bertz CT molecular complexity index is 1090. The molecule has 2 amide bonds. The number of amides is 2. The molecule has 0 aromatic heterocycles. The molecule has 0 fully saturated rings. The van der Waals surface area contributed by atoms with E-state index >= 15 is 0 Å². The van der Waals surface area contributed by atoms with E-state index in [9.17, 15) is 18.0 Å². The van der Waals surface area contributed by atoms with Crippen LogP contribution in [-0.4, -0.2) is 39.0 Å². The molecule has 1 unspecified atom stereocenters. The Morgan fingerprint density at radius 1 is 1.18 bits per heavy atom. The average Bonchev–Trinajstić information content (AvgIpc) is 3.02. The summed E-state index contributed by atoms with van der Waals surface area (Å²) in [6.45, 7) is 0. The van der Waals surface area contributed by atoms with Crippen LogP contribution in [0, 0.1) is 0 Å². The van der Waals surface area contributed by atoms with Crippen LogP contribution in [0.3, 0.4) is 0 Å². The molecule has 1 aliphatic rings. The highest BCUT2D eigenvalue weighted by molar-refractivity contribution is 8.13. The van der Waals surface area contributed by atoms with E-state index in [0.29, 0.717) is 5.69 Å². The normalized spacial score (nSPS) is 17.1. The van der Waals surface area contributed by atoms with Crippen LogP contribution in [0.5, 0.6) is 0 Å². The molecule has 0 saturated heterocycles. The van der Waals surface area contributed by atoms with Crippen LogP contribution in [0.4, 0.5) is 11.4 Å². The van der Waals surface area contributed by atoms with Crippen LogP contribution in [0.2, 0.25) is 0 Å². The maximum Gasteiger partial charge on any atom is 0.280 e. The number of para-hydroxylation sites is 1. The lowest BCUT2D eigenvalue weighted by molar-refractivity contribution is -0.119. The van der Waals surface area contributed by atoms with E-state index < -0.39 is 26.9 Å². The molecule has 1 heterocycles. The molecule has 0 aliphatic carbocycles. The van der Waals surface area contributed by atoms with Crippen molar-refractivity contribution >= 4 is 48.6 Å². The van der Waals surface area contributed by atoms with Crippen LogP contribution in [0.15, 0.2) is 74.8 Å². The van der Waals surface area contributed by atoms with Crippen LogP contribution in [0.25, 0.3) is 0 Å². The molecule has 0 spiro atoms. The second-order valence-corrected chi connectivity index (χ2v) is 8.17. The molecule has 0 saturated carbocycles. The van der Waals surface area contributed by atoms with E-state index in [1.807, 2.05) is 0 Å². The van der Waals surface area contributed by atoms with Crippen LogP contribution < -0.4 is 10.3 Å². The third kappa shape index (κ3) is 4.07. The highest BCUT2D eigenvalue weighted by Crippen LogP contribution is 2.25. The van der Waals surface area contributed by atoms with Crippen molar-refractivity contribution in [2.24, 2.45) is 15.3 Å². The van der Waals surface area contributed by atoms with E-state index in [-0.39, 0.29) is 16.3 Å². The number of nitrogens with zero attached hydrogens (tertiary/aromatic N) is 4. The summed E-state index contributed by atoms with van der Waals surface area (Å²) in [7, 11) is 2.79. The Balaban J connectivity index is 1.94. The number of hydrazone groups is 1. The molecule has 0 radical (unpaired) electrons. The number of carbonyl (C=O) groups excluding carboxylic acids is 2. The smallest absolute Gasteiger partial charge is 0.280 e. The molecule has 2 aromatic carbocycles. The van der Waals surface area contributed by atoms with Gasteiger partial charge in [0.05, 0.1) is 16.3 Å². The number of nitrogens with one attached hydrogen (secondary N) is 1. The van der Waals surface area contributed by atoms with Crippen LogP contribution >= 0.6 is 10.7 Å². The van der Waals surface area contributed by atoms with Gasteiger partial charge in [-0.1, -0.05) is 24.3 Å². The number of rotatable bonds is 5. The fourth-order valence-electron chi connectivity index (χ4n) is 2.42. The van der Waals surface area contributed by atoms with Crippen molar-refractivity contribution in [2.45, 2.75) is 10.9 Å². The maximum absolute atomic E-state index is 12.7. The summed E-state index contributed by atoms with van der Waals surface area (Å²) in [6.07, 6.45) is 0. The first-order valence-corrected chi connectivity index (χ1v) is 10.3. The third-order valence-corrected chi connectivity index (χ3v) is 5.11. The first-order valence-electron chi connectivity index (χ1n) is 7.96. The molecule has 9 nitrogen and oxygen atoms in total. The van der Waals surface area contributed by atoms with Gasteiger partial charge in [-0.3, -0.25) is 9.59 Å². The second-order valence-electron chi connectivity index (χ2n) is 5.60. The Morgan fingerprint density at radius 2 is 1.89 bits per heavy atom. The van der Waals surface area contributed by atoms with Crippen molar-refractivity contribution in [2.75, 3.05) is 12.1 Å². The minimum Gasteiger partial charge on any atom is -0.354 e. The fraction of sp³-hybridized carbons (Fsp3) is 0.118. The Hall–Kier alpha value is -3.11. The van der Waals surface area contributed by atoms with Gasteiger partial charge in [-0.05, 0) is 30.3 Å². The summed E-state index contributed by atoms with van der Waals surface area (Å²) in [5.41, 5.74) is 0.506. The van der Waals surface area contributed by atoms with Crippen molar-refractivity contribution in [1.82, 2.24) is 5.32 Å². The SMILES string of the molecule is CNC(=O)C1=NN(c2ccccc2)C(=O)C1N=Nc1cccc(S(=O)(=O)Cl)c1. The average molecular weight is 420 g/mol. The molecule has 2 aromatic rings. The molecule has 3 rings (SSSR count). The quantitative estimate of drug-likeness (QED) is 0.589. The maximum atomic E-state index is 12.7. The van der Waals surface area contributed by atoms with Crippen molar-refractivity contribution in [3.63, 3.8) is 0 Å². The van der Waals surface area contributed by atoms with E-state index in [0.717, 1.165) is 5.01 Å². The topological polar surface area (TPSA) is 121 Å². The number of anilines is 1. The van der Waals surface area contributed by atoms with E-state index in [1.54, 1.807) is 30.3 Å². The predicted octanol–water partition coefficient (Wildman–Crippen LogP) is 2.22. The first-order chi connectivity index (χ1) is 13.3. The first kappa shape index (κ1) is 19.6. The van der Waals surface area contributed by atoms with Crippen LogP contribution in [0.1, 0.15) is 0 Å². The summed E-state index contributed by atoms with van der Waals surface area (Å²) in [4.78, 5) is 24.7. The molecular formula is C17H14ClN5O4S. The van der Waals surface area contributed by atoms with E-state index in [2.05, 4.69) is 20.6 Å². The molecule has 1 aliphatic heterocycles. The lowest BCUT2D eigenvalue weighted by Gasteiger charge is -2.11. The zero-order valence-corrected chi connectivity index (χ0v) is 16.1. The molecule has 11 heteroatoms. The summed E-state index contributed by atoms with van der Waals surface area (Å²) in [5, 5.41) is 15.4. The van der Waals surface area contributed by atoms with Crippen LogP contribution in [-0.2, 0) is 18.6 Å². The molecule has 1 atom stereocenters. The molecule has 28 heavy (non-hydrogen) atoms. The fourth-order valence-corrected chi connectivity index (χ4v) is 3.21. The Morgan fingerprint density at radius 3 is 2.54 bits per heavy atom. The van der Waals surface area contributed by atoms with Gasteiger partial charge in [0.1, 0.15) is 0 Å². The molecule has 144 valence electrons. The van der Waals surface area contributed by atoms with Gasteiger partial charge in [0.2, 0.25) is 6.04 Å². The number of hydrogen-bond acceptors (Lipinski definition) is 7. The molecule has 1 N–H and O–H groups in total. The predicted molar refractivity (Wildman–Crippen MR) is 103 cm³/mol. The number of carbonyl (C=O) groups is 2. The van der Waals surface area contributed by atoms with Gasteiger partial charge in [0.15, 0.2) is 5.71 Å². The van der Waals surface area contributed by atoms with Crippen molar-refractivity contribution in [3.05, 3.63) is 54.6 Å². The highest BCUT2D eigenvalue weighted by Gasteiger charge is 2.40. The van der Waals surface area contributed by atoms with E-state index in [1.165, 1.54) is 31.3 Å². The molecular weight excluding hydrogens is 406 g/mol. The van der Waals surface area contributed by atoms with Crippen molar-refractivity contribution < 1.29 is 18.0 Å². The van der Waals surface area contributed by atoms with Gasteiger partial charge in [-0.25, -0.2) is 8.42 Å². The van der Waals surface area contributed by atoms with Crippen molar-refractivity contribution in [1.29, 1.82) is 0 Å². The van der Waals surface area contributed by atoms with Gasteiger partial charge in [0, 0.05) is 17.7 Å². The summed E-state index contributed by atoms with van der Waals surface area (Å²) < 4.78 is 22.9. The lowest BCUT2D eigenvalue weighted by atomic mass is 10.1. The van der Waals surface area contributed by atoms with Gasteiger partial charge >= 0.3 is 0 Å². The zero-order chi connectivity index (χ0) is 20.3. The monoisotopic (exact) mass is 419 g/mol. The number of hydrogen-bond donors (Lipinski definition) is 1. The van der Waals surface area contributed by atoms with Gasteiger partial charge in [0.25, 0.3) is 20.9 Å². The lowest BCUT2D eigenvalue weighted by Crippen LogP contribution is -2.37. The molecule has 0 bridgehead atoms. The van der Waals surface area contributed by atoms with Gasteiger partial charge < -0.3 is 5.32 Å². The minimum absolute atomic E-state index is 0.124. The third-order valence-electron chi connectivity index (χ3n) is 3.76. The zero-order valence-electron chi connectivity index (χ0n) is 14.5. The number of azo groups is 1. The van der Waals surface area contributed by atoms with E-state index in [4.69, 9.17) is 10.7 Å². The van der Waals surface area contributed by atoms with Gasteiger partial charge in [-0.15, -0.1) is 0 Å². The second kappa shape index (κ2) is 7.87. The summed E-state index contributed by atoms with van der Waals surface area (Å²) in [6, 6.07) is 12.7. The van der Waals surface area contributed by atoms with Crippen molar-refractivity contribution in [3.8, 4) is 0 Å². The Kier molecular flexibility index (Phi) is 5.52. The Labute approximate surface area is 165 Å². The summed E-state index contributed by atoms with van der Waals surface area (Å²) in [5.74, 6) is -1.14. The largest absolute Gasteiger partial charge is 0.354 e. The number of halogens is 1.